The molecule has 5 nitrogen and oxygen atoms in total. The van der Waals surface area contributed by atoms with Crippen LogP contribution in [0.4, 0.5) is 5.69 Å². The Bertz CT molecular complexity index is 351. The van der Waals surface area contributed by atoms with Gasteiger partial charge in [-0.2, -0.15) is 0 Å². The number of aliphatic hydroxyl groups is 2. The normalized spacial score (nSPS) is 14.2. The topological polar surface area (TPSA) is 95.6 Å². The number of benzene rings is 1. The van der Waals surface area contributed by atoms with Crippen molar-refractivity contribution in [1.29, 1.82) is 0 Å². The van der Waals surface area contributed by atoms with Gasteiger partial charge in [-0.15, -0.1) is 0 Å². The molecule has 2 unspecified atom stereocenters. The summed E-state index contributed by atoms with van der Waals surface area (Å²) in [6, 6.07) is 6.91. The van der Waals surface area contributed by atoms with Crippen molar-refractivity contribution < 1.29 is 15.0 Å². The largest absolute Gasteiger partial charge is 0.390 e. The second-order valence-electron chi connectivity index (χ2n) is 3.55. The van der Waals surface area contributed by atoms with E-state index >= 15 is 0 Å². The smallest absolute Gasteiger partial charge is 0.220 e. The number of amides is 1. The molecule has 1 aromatic rings. The van der Waals surface area contributed by atoms with E-state index in [9.17, 15) is 15.0 Å². The molecule has 5 N–H and O–H groups in total. The van der Waals surface area contributed by atoms with E-state index in [2.05, 4.69) is 5.32 Å². The Morgan fingerprint density at radius 3 is 2.38 bits per heavy atom. The quantitative estimate of drug-likeness (QED) is 0.566. The Kier molecular flexibility index (Phi) is 4.28. The van der Waals surface area contributed by atoms with E-state index in [-0.39, 0.29) is 6.42 Å². The Morgan fingerprint density at radius 2 is 1.94 bits per heavy atom. The van der Waals surface area contributed by atoms with Crippen LogP contribution in [0, 0.1) is 0 Å². The van der Waals surface area contributed by atoms with E-state index in [0.717, 1.165) is 5.69 Å². The molecule has 0 bridgehead atoms. The third-order valence-electron chi connectivity index (χ3n) is 2.32. The molecule has 0 aliphatic rings. The zero-order chi connectivity index (χ0) is 12.1. The van der Waals surface area contributed by atoms with Crippen LogP contribution in [0.2, 0.25) is 0 Å². The standard InChI is InChI=1S/C11H16N2O3/c1-13-8-4-2-7(3-5-8)11(16)9(14)6-10(12)15/h2-5,9,11,13-14,16H,6H2,1H3,(H2,12,15). The van der Waals surface area contributed by atoms with Crippen molar-refractivity contribution >= 4 is 11.6 Å². The third-order valence-corrected chi connectivity index (χ3v) is 2.32. The van der Waals surface area contributed by atoms with Crippen LogP contribution in [0.3, 0.4) is 0 Å². The number of nitrogens with one attached hydrogen (secondary N) is 1. The molecule has 2 atom stereocenters. The van der Waals surface area contributed by atoms with E-state index in [1.54, 1.807) is 31.3 Å². The van der Waals surface area contributed by atoms with Crippen LogP contribution in [-0.4, -0.2) is 29.3 Å². The van der Waals surface area contributed by atoms with Gasteiger partial charge in [0.1, 0.15) is 6.10 Å². The summed E-state index contributed by atoms with van der Waals surface area (Å²) in [6.07, 6.45) is -2.52. The average Bonchev–Trinajstić information content (AvgIpc) is 2.27. The zero-order valence-electron chi connectivity index (χ0n) is 9.05. The summed E-state index contributed by atoms with van der Waals surface area (Å²) in [7, 11) is 1.79. The van der Waals surface area contributed by atoms with Crippen molar-refractivity contribution in [1.82, 2.24) is 0 Å². The maximum atomic E-state index is 10.6. The Morgan fingerprint density at radius 1 is 1.38 bits per heavy atom. The van der Waals surface area contributed by atoms with Crippen molar-refractivity contribution in [2.24, 2.45) is 5.73 Å². The minimum Gasteiger partial charge on any atom is -0.390 e. The number of anilines is 1. The van der Waals surface area contributed by atoms with Crippen molar-refractivity contribution in [3.63, 3.8) is 0 Å². The lowest BCUT2D eigenvalue weighted by Crippen LogP contribution is -2.25. The van der Waals surface area contributed by atoms with Gasteiger partial charge in [-0.1, -0.05) is 12.1 Å². The zero-order valence-corrected chi connectivity index (χ0v) is 9.05. The van der Waals surface area contributed by atoms with E-state index in [1.165, 1.54) is 0 Å². The minimum absolute atomic E-state index is 0.255. The van der Waals surface area contributed by atoms with Gasteiger partial charge in [0.15, 0.2) is 0 Å². The van der Waals surface area contributed by atoms with Crippen molar-refractivity contribution in [2.45, 2.75) is 18.6 Å². The van der Waals surface area contributed by atoms with Gasteiger partial charge in [0, 0.05) is 12.7 Å². The van der Waals surface area contributed by atoms with Crippen LogP contribution in [-0.2, 0) is 4.79 Å². The highest BCUT2D eigenvalue weighted by Crippen LogP contribution is 2.20. The second kappa shape index (κ2) is 5.48. The summed E-state index contributed by atoms with van der Waals surface area (Å²) in [5.74, 6) is -0.640. The van der Waals surface area contributed by atoms with E-state index in [1.807, 2.05) is 0 Å². The van der Waals surface area contributed by atoms with Crippen LogP contribution in [0.1, 0.15) is 18.1 Å². The van der Waals surface area contributed by atoms with Crippen molar-refractivity contribution in [2.75, 3.05) is 12.4 Å². The molecule has 0 aromatic heterocycles. The van der Waals surface area contributed by atoms with Gasteiger partial charge in [-0.25, -0.2) is 0 Å². The number of nitrogens with two attached hydrogens (primary N) is 1. The summed E-state index contributed by atoms with van der Waals surface area (Å²) in [4.78, 5) is 10.6. The van der Waals surface area contributed by atoms with E-state index in [4.69, 9.17) is 5.73 Å². The fourth-order valence-corrected chi connectivity index (χ4v) is 1.39. The Balaban J connectivity index is 2.71. The molecular formula is C11H16N2O3. The lowest BCUT2D eigenvalue weighted by atomic mass is 10.0. The molecule has 0 radical (unpaired) electrons. The summed E-state index contributed by atoms with van der Waals surface area (Å²) in [6.45, 7) is 0. The number of hydrogen-bond donors (Lipinski definition) is 4. The first-order chi connectivity index (χ1) is 7.54. The Labute approximate surface area is 93.9 Å². The number of hydrogen-bond acceptors (Lipinski definition) is 4. The third kappa shape index (κ3) is 3.22. The molecule has 5 heteroatoms. The molecule has 1 aromatic carbocycles. The van der Waals surface area contributed by atoms with Gasteiger partial charge in [0.25, 0.3) is 0 Å². The SMILES string of the molecule is CNc1ccc(C(O)C(O)CC(N)=O)cc1. The summed E-state index contributed by atoms with van der Waals surface area (Å²) < 4.78 is 0. The molecule has 0 fully saturated rings. The summed E-state index contributed by atoms with van der Waals surface area (Å²) >= 11 is 0. The van der Waals surface area contributed by atoms with Crippen molar-refractivity contribution in [3.8, 4) is 0 Å². The molecule has 1 rings (SSSR count). The van der Waals surface area contributed by atoms with E-state index in [0.29, 0.717) is 5.56 Å². The van der Waals surface area contributed by atoms with Gasteiger partial charge in [0.2, 0.25) is 5.91 Å². The molecule has 16 heavy (non-hydrogen) atoms. The molecule has 0 aliphatic heterocycles. The van der Waals surface area contributed by atoms with Crippen LogP contribution < -0.4 is 11.1 Å². The molecule has 88 valence electrons. The second-order valence-corrected chi connectivity index (χ2v) is 3.55. The number of carbonyl (C=O) groups is 1. The first kappa shape index (κ1) is 12.5. The van der Waals surface area contributed by atoms with Gasteiger partial charge in [0.05, 0.1) is 12.5 Å². The minimum atomic E-state index is -1.17. The highest BCUT2D eigenvalue weighted by Gasteiger charge is 2.19. The number of primary amides is 1. The maximum Gasteiger partial charge on any atom is 0.220 e. The molecule has 0 spiro atoms. The fraction of sp³-hybridized carbons (Fsp3) is 0.364. The van der Waals surface area contributed by atoms with Gasteiger partial charge in [-0.3, -0.25) is 4.79 Å². The number of carbonyl (C=O) groups excluding carboxylic acids is 1. The van der Waals surface area contributed by atoms with Gasteiger partial charge in [-0.05, 0) is 17.7 Å². The maximum absolute atomic E-state index is 10.6. The van der Waals surface area contributed by atoms with E-state index < -0.39 is 18.1 Å². The van der Waals surface area contributed by atoms with Crippen LogP contribution in [0.25, 0.3) is 0 Å². The summed E-state index contributed by atoms with van der Waals surface area (Å²) in [5.41, 5.74) is 6.39. The lowest BCUT2D eigenvalue weighted by molar-refractivity contribution is -0.121. The van der Waals surface area contributed by atoms with Crippen LogP contribution in [0.15, 0.2) is 24.3 Å². The fourth-order valence-electron chi connectivity index (χ4n) is 1.39. The first-order valence-electron chi connectivity index (χ1n) is 4.96. The first-order valence-corrected chi connectivity index (χ1v) is 4.96. The predicted molar refractivity (Wildman–Crippen MR) is 60.8 cm³/mol. The Hall–Kier alpha value is -1.59. The van der Waals surface area contributed by atoms with Crippen LogP contribution in [0.5, 0.6) is 0 Å². The van der Waals surface area contributed by atoms with Crippen molar-refractivity contribution in [3.05, 3.63) is 29.8 Å². The molecule has 0 heterocycles. The molecule has 1 amide bonds. The molecule has 0 saturated heterocycles. The number of rotatable bonds is 5. The number of aliphatic hydroxyl groups excluding tert-OH is 2. The highest BCUT2D eigenvalue weighted by molar-refractivity contribution is 5.74. The highest BCUT2D eigenvalue weighted by atomic mass is 16.3. The van der Waals surface area contributed by atoms with Crippen LogP contribution >= 0.6 is 0 Å². The molecule has 0 aliphatic carbocycles. The lowest BCUT2D eigenvalue weighted by Gasteiger charge is -2.17. The predicted octanol–water partition coefficient (Wildman–Crippen LogP) is -0.00200. The molecular weight excluding hydrogens is 208 g/mol. The monoisotopic (exact) mass is 224 g/mol. The average molecular weight is 224 g/mol. The molecule has 0 saturated carbocycles. The van der Waals surface area contributed by atoms with Gasteiger partial charge >= 0.3 is 0 Å². The summed E-state index contributed by atoms with van der Waals surface area (Å²) in [5, 5.41) is 22.2. The van der Waals surface area contributed by atoms with Gasteiger partial charge < -0.3 is 21.3 Å².